The average molecular weight is 202 g/mol. The van der Waals surface area contributed by atoms with Crippen LogP contribution in [0.2, 0.25) is 0 Å². The monoisotopic (exact) mass is 202 g/mol. The van der Waals surface area contributed by atoms with Gasteiger partial charge in [-0.25, -0.2) is 9.67 Å². The van der Waals surface area contributed by atoms with E-state index in [0.29, 0.717) is 5.95 Å². The topological polar surface area (TPSA) is 56.7 Å². The second kappa shape index (κ2) is 4.59. The summed E-state index contributed by atoms with van der Waals surface area (Å²) in [6.07, 6.45) is 3.55. The fourth-order valence-corrected chi connectivity index (χ4v) is 1.52. The van der Waals surface area contributed by atoms with Gasteiger partial charge in [-0.3, -0.25) is 0 Å². The lowest BCUT2D eigenvalue weighted by atomic mass is 10.1. The van der Waals surface area contributed by atoms with Gasteiger partial charge in [0.05, 0.1) is 0 Å². The van der Waals surface area contributed by atoms with E-state index in [4.69, 9.17) is 5.73 Å². The Balaban J connectivity index is 1.83. The van der Waals surface area contributed by atoms with Gasteiger partial charge in [0.15, 0.2) is 0 Å². The van der Waals surface area contributed by atoms with Crippen LogP contribution in [-0.2, 0) is 13.0 Å². The Hall–Kier alpha value is -1.84. The zero-order valence-electron chi connectivity index (χ0n) is 8.50. The predicted molar refractivity (Wildman–Crippen MR) is 59.2 cm³/mol. The quantitative estimate of drug-likeness (QED) is 0.817. The number of anilines is 1. The van der Waals surface area contributed by atoms with Gasteiger partial charge in [0.2, 0.25) is 5.95 Å². The van der Waals surface area contributed by atoms with Crippen LogP contribution >= 0.6 is 0 Å². The first kappa shape index (κ1) is 9.71. The summed E-state index contributed by atoms with van der Waals surface area (Å²) < 4.78 is 1.73. The number of aromatic nitrogens is 3. The Morgan fingerprint density at radius 1 is 1.20 bits per heavy atom. The van der Waals surface area contributed by atoms with Gasteiger partial charge in [-0.15, -0.1) is 0 Å². The summed E-state index contributed by atoms with van der Waals surface area (Å²) >= 11 is 0. The van der Waals surface area contributed by atoms with Crippen LogP contribution in [0.25, 0.3) is 0 Å². The van der Waals surface area contributed by atoms with E-state index in [1.807, 2.05) is 6.07 Å². The molecule has 0 saturated heterocycles. The lowest BCUT2D eigenvalue weighted by Crippen LogP contribution is -2.06. The molecule has 2 N–H and O–H groups in total. The highest BCUT2D eigenvalue weighted by Gasteiger charge is 1.98. The molecule has 0 aliphatic rings. The first-order valence-electron chi connectivity index (χ1n) is 5.03. The largest absolute Gasteiger partial charge is 0.368 e. The Morgan fingerprint density at radius 2 is 2.00 bits per heavy atom. The minimum atomic E-state index is 0.489. The maximum absolute atomic E-state index is 5.61. The number of hydrogen-bond acceptors (Lipinski definition) is 3. The molecule has 0 radical (unpaired) electrons. The number of benzene rings is 1. The van der Waals surface area contributed by atoms with E-state index in [1.54, 1.807) is 4.68 Å². The molecule has 0 aliphatic carbocycles. The summed E-state index contributed by atoms with van der Waals surface area (Å²) in [7, 11) is 0. The molecular weight excluding hydrogens is 188 g/mol. The van der Waals surface area contributed by atoms with E-state index in [2.05, 4.69) is 34.3 Å². The minimum absolute atomic E-state index is 0.489. The second-order valence-electron chi connectivity index (χ2n) is 3.43. The lowest BCUT2D eigenvalue weighted by Gasteiger charge is -2.02. The van der Waals surface area contributed by atoms with Gasteiger partial charge in [0, 0.05) is 6.54 Å². The van der Waals surface area contributed by atoms with Crippen molar-refractivity contribution >= 4 is 5.95 Å². The summed E-state index contributed by atoms with van der Waals surface area (Å²) in [4.78, 5) is 3.87. The summed E-state index contributed by atoms with van der Waals surface area (Å²) in [6, 6.07) is 10.4. The lowest BCUT2D eigenvalue weighted by molar-refractivity contribution is 0.585. The fraction of sp³-hybridized carbons (Fsp3) is 0.273. The fourth-order valence-electron chi connectivity index (χ4n) is 1.52. The van der Waals surface area contributed by atoms with Crippen LogP contribution in [0.5, 0.6) is 0 Å². The van der Waals surface area contributed by atoms with Crippen LogP contribution in [0.3, 0.4) is 0 Å². The first-order chi connectivity index (χ1) is 7.36. The van der Waals surface area contributed by atoms with Crippen LogP contribution in [0.15, 0.2) is 36.7 Å². The third-order valence-corrected chi connectivity index (χ3v) is 2.32. The molecule has 78 valence electrons. The predicted octanol–water partition coefficient (Wildman–Crippen LogP) is 1.49. The number of aryl methyl sites for hydroxylation is 2. The Kier molecular flexibility index (Phi) is 2.97. The third-order valence-electron chi connectivity index (χ3n) is 2.32. The van der Waals surface area contributed by atoms with Crippen molar-refractivity contribution < 1.29 is 0 Å². The molecule has 0 bridgehead atoms. The van der Waals surface area contributed by atoms with Crippen molar-refractivity contribution in [2.75, 3.05) is 5.73 Å². The minimum Gasteiger partial charge on any atom is -0.368 e. The Labute approximate surface area is 88.8 Å². The molecule has 4 nitrogen and oxygen atoms in total. The molecule has 0 atom stereocenters. The molecule has 0 saturated carbocycles. The van der Waals surface area contributed by atoms with Gasteiger partial charge in [0.1, 0.15) is 6.33 Å². The number of hydrogen-bond donors (Lipinski definition) is 1. The van der Waals surface area contributed by atoms with E-state index in [9.17, 15) is 0 Å². The molecule has 0 aliphatic heterocycles. The van der Waals surface area contributed by atoms with Crippen molar-refractivity contribution in [2.45, 2.75) is 19.4 Å². The Bertz CT molecular complexity index is 408. The molecule has 0 amide bonds. The van der Waals surface area contributed by atoms with E-state index >= 15 is 0 Å². The molecule has 0 fully saturated rings. The van der Waals surface area contributed by atoms with Crippen molar-refractivity contribution in [2.24, 2.45) is 0 Å². The second-order valence-corrected chi connectivity index (χ2v) is 3.43. The highest BCUT2D eigenvalue weighted by molar-refractivity contribution is 5.15. The highest BCUT2D eigenvalue weighted by atomic mass is 15.4. The van der Waals surface area contributed by atoms with E-state index in [0.717, 1.165) is 19.4 Å². The highest BCUT2D eigenvalue weighted by Crippen LogP contribution is 2.04. The zero-order valence-corrected chi connectivity index (χ0v) is 8.50. The molecule has 4 heteroatoms. The number of rotatable bonds is 4. The summed E-state index contributed by atoms with van der Waals surface area (Å²) in [5, 5.41) is 4.03. The van der Waals surface area contributed by atoms with Gasteiger partial charge in [-0.05, 0) is 18.4 Å². The zero-order chi connectivity index (χ0) is 10.5. The summed E-state index contributed by atoms with van der Waals surface area (Å²) in [6.45, 7) is 0.820. The number of nitrogens with two attached hydrogens (primary N) is 1. The SMILES string of the molecule is Nc1ncnn1CCCc1ccccc1. The van der Waals surface area contributed by atoms with Crippen LogP contribution < -0.4 is 5.73 Å². The van der Waals surface area contributed by atoms with Gasteiger partial charge in [-0.1, -0.05) is 30.3 Å². The molecule has 0 unspecified atom stereocenters. The number of nitrogens with zero attached hydrogens (tertiary/aromatic N) is 3. The molecule has 0 spiro atoms. The van der Waals surface area contributed by atoms with Crippen molar-refractivity contribution in [1.82, 2.24) is 14.8 Å². The van der Waals surface area contributed by atoms with E-state index < -0.39 is 0 Å². The smallest absolute Gasteiger partial charge is 0.218 e. The third kappa shape index (κ3) is 2.56. The van der Waals surface area contributed by atoms with Crippen LogP contribution in [-0.4, -0.2) is 14.8 Å². The molecule has 1 aromatic heterocycles. The van der Waals surface area contributed by atoms with Crippen LogP contribution in [0, 0.1) is 0 Å². The van der Waals surface area contributed by atoms with Crippen molar-refractivity contribution in [3.8, 4) is 0 Å². The molecule has 1 aromatic carbocycles. The van der Waals surface area contributed by atoms with Crippen LogP contribution in [0.1, 0.15) is 12.0 Å². The molecular formula is C11H14N4. The van der Waals surface area contributed by atoms with Crippen molar-refractivity contribution in [1.29, 1.82) is 0 Å². The summed E-state index contributed by atoms with van der Waals surface area (Å²) in [5.41, 5.74) is 6.95. The van der Waals surface area contributed by atoms with Gasteiger partial charge in [-0.2, -0.15) is 5.10 Å². The normalized spacial score (nSPS) is 10.4. The molecule has 1 heterocycles. The first-order valence-corrected chi connectivity index (χ1v) is 5.03. The van der Waals surface area contributed by atoms with Gasteiger partial charge < -0.3 is 5.73 Å². The molecule has 15 heavy (non-hydrogen) atoms. The van der Waals surface area contributed by atoms with Gasteiger partial charge >= 0.3 is 0 Å². The standard InChI is InChI=1S/C11H14N4/c12-11-13-9-14-15(11)8-4-7-10-5-2-1-3-6-10/h1-3,5-6,9H,4,7-8H2,(H2,12,13,14). The van der Waals surface area contributed by atoms with Crippen molar-refractivity contribution in [3.05, 3.63) is 42.2 Å². The Morgan fingerprint density at radius 3 is 2.67 bits per heavy atom. The molecule has 2 aromatic rings. The maximum atomic E-state index is 5.61. The van der Waals surface area contributed by atoms with E-state index in [1.165, 1.54) is 11.9 Å². The maximum Gasteiger partial charge on any atom is 0.218 e. The van der Waals surface area contributed by atoms with Crippen molar-refractivity contribution in [3.63, 3.8) is 0 Å². The summed E-state index contributed by atoms with van der Waals surface area (Å²) in [5.74, 6) is 0.489. The van der Waals surface area contributed by atoms with Crippen LogP contribution in [0.4, 0.5) is 5.95 Å². The molecule has 2 rings (SSSR count). The average Bonchev–Trinajstić information content (AvgIpc) is 2.66. The van der Waals surface area contributed by atoms with E-state index in [-0.39, 0.29) is 0 Å². The number of nitrogen functional groups attached to an aromatic ring is 1. The van der Waals surface area contributed by atoms with Gasteiger partial charge in [0.25, 0.3) is 0 Å².